The zero-order valence-corrected chi connectivity index (χ0v) is 17.0. The highest BCUT2D eigenvalue weighted by molar-refractivity contribution is 7.89. The van der Waals surface area contributed by atoms with Crippen molar-refractivity contribution < 1.29 is 36.2 Å². The molecule has 4 rings (SSSR count). The predicted octanol–water partition coefficient (Wildman–Crippen LogP) is 4.97. The second kappa shape index (κ2) is 7.01. The molecule has 3 aromatic carbocycles. The van der Waals surface area contributed by atoms with Crippen LogP contribution in [0.4, 0.5) is 24.5 Å². The maximum absolute atomic E-state index is 13.2. The van der Waals surface area contributed by atoms with E-state index in [2.05, 4.69) is 10.0 Å². The zero-order valence-electron chi connectivity index (χ0n) is 15.5. The molecule has 31 heavy (non-hydrogen) atoms. The highest BCUT2D eigenvalue weighted by Gasteiger charge is 2.34. The number of carboxylic acids is 1. The number of halogens is 4. The first-order chi connectivity index (χ1) is 14.4. The van der Waals surface area contributed by atoms with Crippen LogP contribution in [0.25, 0.3) is 10.8 Å². The third-order valence-corrected chi connectivity index (χ3v) is 6.40. The minimum atomic E-state index is -4.65. The number of alkyl halides is 3. The summed E-state index contributed by atoms with van der Waals surface area (Å²) in [4.78, 5) is 11.4. The van der Waals surface area contributed by atoms with Crippen molar-refractivity contribution in [3.05, 3.63) is 52.5 Å². The molecule has 0 radical (unpaired) electrons. The molecule has 0 saturated heterocycles. The lowest BCUT2D eigenvalue weighted by atomic mass is 10.0. The van der Waals surface area contributed by atoms with Crippen molar-refractivity contribution >= 4 is 49.7 Å². The number of benzene rings is 3. The van der Waals surface area contributed by atoms with Crippen LogP contribution in [-0.4, -0.2) is 26.5 Å². The summed E-state index contributed by atoms with van der Waals surface area (Å²) in [6.07, 6.45) is -4.65. The van der Waals surface area contributed by atoms with Gasteiger partial charge in [-0.1, -0.05) is 11.6 Å². The van der Waals surface area contributed by atoms with Crippen molar-refractivity contribution in [2.75, 3.05) is 12.4 Å². The third kappa shape index (κ3) is 3.64. The van der Waals surface area contributed by atoms with Crippen LogP contribution >= 0.6 is 11.6 Å². The second-order valence-corrected chi connectivity index (χ2v) is 8.90. The van der Waals surface area contributed by atoms with Gasteiger partial charge >= 0.3 is 12.1 Å². The van der Waals surface area contributed by atoms with Crippen molar-refractivity contribution in [2.24, 2.45) is 0 Å². The van der Waals surface area contributed by atoms with Gasteiger partial charge in [-0.05, 0) is 48.2 Å². The van der Waals surface area contributed by atoms with Crippen LogP contribution in [-0.2, 0) is 16.2 Å². The SMILES string of the molecule is CNS(=O)(=O)c1cc2c(c(C(=O)O)c1)Nc1cc3cc(C(F)(F)F)c(Cl)cc3cc1O2. The number of fused-ring (bicyclic) bond motifs is 3. The fourth-order valence-corrected chi connectivity index (χ4v) is 4.24. The lowest BCUT2D eigenvalue weighted by Crippen LogP contribution is -2.20. The summed E-state index contributed by atoms with van der Waals surface area (Å²) >= 11 is 5.78. The van der Waals surface area contributed by atoms with Crippen LogP contribution in [0.2, 0.25) is 5.02 Å². The van der Waals surface area contributed by atoms with Gasteiger partial charge in [-0.2, -0.15) is 13.2 Å². The maximum atomic E-state index is 13.2. The van der Waals surface area contributed by atoms with Crippen molar-refractivity contribution in [2.45, 2.75) is 11.1 Å². The topological polar surface area (TPSA) is 105 Å². The van der Waals surface area contributed by atoms with Gasteiger partial charge in [0.25, 0.3) is 0 Å². The van der Waals surface area contributed by atoms with E-state index in [4.69, 9.17) is 16.3 Å². The number of aromatic carboxylic acids is 1. The Morgan fingerprint density at radius 1 is 1.10 bits per heavy atom. The Hall–Kier alpha value is -3.02. The second-order valence-electron chi connectivity index (χ2n) is 6.61. The molecular formula is C19H12ClF3N2O5S. The van der Waals surface area contributed by atoms with E-state index >= 15 is 0 Å². The van der Waals surface area contributed by atoms with Gasteiger partial charge < -0.3 is 15.2 Å². The molecule has 3 aromatic rings. The lowest BCUT2D eigenvalue weighted by molar-refractivity contribution is -0.137. The van der Waals surface area contributed by atoms with Crippen molar-refractivity contribution in [1.29, 1.82) is 0 Å². The summed E-state index contributed by atoms with van der Waals surface area (Å²) in [6, 6.07) is 6.92. The molecule has 12 heteroatoms. The quantitative estimate of drug-likeness (QED) is 0.389. The number of rotatable bonds is 3. The Bertz CT molecular complexity index is 1370. The Balaban J connectivity index is 1.89. The number of hydrogen-bond donors (Lipinski definition) is 3. The maximum Gasteiger partial charge on any atom is 0.417 e. The van der Waals surface area contributed by atoms with Crippen LogP contribution in [0.15, 0.2) is 41.3 Å². The van der Waals surface area contributed by atoms with E-state index in [0.717, 1.165) is 24.3 Å². The Kier molecular flexibility index (Phi) is 4.80. The number of nitrogens with one attached hydrogen (secondary N) is 2. The molecule has 0 saturated carbocycles. The number of carboxylic acid groups (broad SMARTS) is 1. The highest BCUT2D eigenvalue weighted by Crippen LogP contribution is 2.47. The van der Waals surface area contributed by atoms with E-state index in [9.17, 15) is 31.5 Å². The summed E-state index contributed by atoms with van der Waals surface area (Å²) in [5, 5.41) is 12.4. The van der Waals surface area contributed by atoms with Gasteiger partial charge in [-0.3, -0.25) is 0 Å². The number of hydrogen-bond acceptors (Lipinski definition) is 5. The van der Waals surface area contributed by atoms with Crippen molar-refractivity contribution in [1.82, 2.24) is 4.72 Å². The normalized spacial score (nSPS) is 13.2. The van der Waals surface area contributed by atoms with E-state index in [1.54, 1.807) is 0 Å². The summed E-state index contributed by atoms with van der Waals surface area (Å²) < 4.78 is 71.6. The van der Waals surface area contributed by atoms with E-state index in [1.807, 2.05) is 0 Å². The van der Waals surface area contributed by atoms with Crippen LogP contribution in [0.1, 0.15) is 15.9 Å². The first kappa shape index (κ1) is 21.2. The van der Waals surface area contributed by atoms with Gasteiger partial charge in [0.2, 0.25) is 10.0 Å². The average molecular weight is 473 g/mol. The van der Waals surface area contributed by atoms with Gasteiger partial charge in [-0.25, -0.2) is 17.9 Å². The monoisotopic (exact) mass is 472 g/mol. The van der Waals surface area contributed by atoms with Crippen LogP contribution in [0.3, 0.4) is 0 Å². The molecular weight excluding hydrogens is 461 g/mol. The summed E-state index contributed by atoms with van der Waals surface area (Å²) in [5.74, 6) is -1.33. The minimum absolute atomic E-state index is 0.0283. The van der Waals surface area contributed by atoms with E-state index in [1.165, 1.54) is 19.2 Å². The zero-order chi connectivity index (χ0) is 22.7. The molecule has 0 atom stereocenters. The highest BCUT2D eigenvalue weighted by atomic mass is 35.5. The first-order valence-corrected chi connectivity index (χ1v) is 10.4. The fraction of sp³-hybridized carbons (Fsp3) is 0.105. The van der Waals surface area contributed by atoms with Crippen LogP contribution < -0.4 is 14.8 Å². The summed E-state index contributed by atoms with van der Waals surface area (Å²) in [5.41, 5.74) is -1.21. The molecule has 162 valence electrons. The molecule has 0 amide bonds. The van der Waals surface area contributed by atoms with Crippen LogP contribution in [0.5, 0.6) is 11.5 Å². The number of ether oxygens (including phenoxy) is 1. The molecule has 0 bridgehead atoms. The molecule has 0 unspecified atom stereocenters. The smallest absolute Gasteiger partial charge is 0.417 e. The molecule has 1 aliphatic heterocycles. The molecule has 3 N–H and O–H groups in total. The molecule has 0 fully saturated rings. The van der Waals surface area contributed by atoms with Gasteiger partial charge in [0, 0.05) is 6.07 Å². The summed E-state index contributed by atoms with van der Waals surface area (Å²) in [6.45, 7) is 0. The predicted molar refractivity (Wildman–Crippen MR) is 107 cm³/mol. The first-order valence-electron chi connectivity index (χ1n) is 8.55. The van der Waals surface area contributed by atoms with E-state index in [0.29, 0.717) is 5.39 Å². The van der Waals surface area contributed by atoms with Gasteiger partial charge in [-0.15, -0.1) is 0 Å². The standard InChI is InChI=1S/C19H12ClF3N2O5S/c1-24-31(28,29)10-6-11(18(26)27)17-16(7-10)30-15-5-9-3-13(20)12(19(21,22)23)2-8(9)4-14(15)25-17/h2-7,24-25H,1H3,(H,26,27). The van der Waals surface area contributed by atoms with E-state index < -0.39 is 32.8 Å². The summed E-state index contributed by atoms with van der Waals surface area (Å²) in [7, 11) is -2.79. The van der Waals surface area contributed by atoms with Crippen LogP contribution in [0, 0.1) is 0 Å². The largest absolute Gasteiger partial charge is 0.478 e. The Morgan fingerprint density at radius 3 is 2.39 bits per heavy atom. The van der Waals surface area contributed by atoms with E-state index in [-0.39, 0.29) is 38.7 Å². The Morgan fingerprint density at radius 2 is 1.77 bits per heavy atom. The van der Waals surface area contributed by atoms with Gasteiger partial charge in [0.1, 0.15) is 0 Å². The number of sulfonamides is 1. The molecule has 7 nitrogen and oxygen atoms in total. The molecule has 0 aliphatic carbocycles. The fourth-order valence-electron chi connectivity index (χ4n) is 3.19. The lowest BCUT2D eigenvalue weighted by Gasteiger charge is -2.24. The van der Waals surface area contributed by atoms with Gasteiger partial charge in [0.05, 0.1) is 32.4 Å². The number of carbonyl (C=O) groups is 1. The van der Waals surface area contributed by atoms with Crippen molar-refractivity contribution in [3.8, 4) is 11.5 Å². The average Bonchev–Trinajstić information content (AvgIpc) is 2.68. The Labute approximate surface area is 178 Å². The molecule has 1 aliphatic rings. The molecule has 1 heterocycles. The molecule has 0 aromatic heterocycles. The minimum Gasteiger partial charge on any atom is -0.478 e. The third-order valence-electron chi connectivity index (χ3n) is 4.69. The molecule has 0 spiro atoms. The van der Waals surface area contributed by atoms with Gasteiger partial charge in [0.15, 0.2) is 11.5 Å². The van der Waals surface area contributed by atoms with Crippen molar-refractivity contribution in [3.63, 3.8) is 0 Å². The number of anilines is 2.